The van der Waals surface area contributed by atoms with Gasteiger partial charge in [0.05, 0.1) is 11.4 Å². The van der Waals surface area contributed by atoms with Gasteiger partial charge in [0.15, 0.2) is 0 Å². The molecule has 3 rings (SSSR count). The third kappa shape index (κ3) is 2.31. The van der Waals surface area contributed by atoms with Gasteiger partial charge in [-0.1, -0.05) is 25.7 Å². The highest BCUT2D eigenvalue weighted by molar-refractivity contribution is 5.69. The Morgan fingerprint density at radius 2 is 1.56 bits per heavy atom. The fourth-order valence-electron chi connectivity index (χ4n) is 3.28. The molecule has 0 unspecified atom stereocenters. The number of fused-ring (bicyclic) bond motifs is 1. The molecule has 1 spiro atoms. The molecular weight excluding hydrogens is 227 g/mol. The first-order chi connectivity index (χ1) is 8.77. The molecule has 0 radical (unpaired) electrons. The molecule has 2 nitrogen and oxygen atoms in total. The first-order valence-electron chi connectivity index (χ1n) is 7.05. The van der Waals surface area contributed by atoms with Gasteiger partial charge in [-0.15, -0.1) is 0 Å². The highest BCUT2D eigenvalue weighted by atomic mass is 19.1. The minimum absolute atomic E-state index is 0.167. The maximum absolute atomic E-state index is 13.3. The van der Waals surface area contributed by atoms with E-state index in [0.29, 0.717) is 5.41 Å². The van der Waals surface area contributed by atoms with Crippen molar-refractivity contribution in [2.45, 2.75) is 38.5 Å². The summed E-state index contributed by atoms with van der Waals surface area (Å²) in [5.41, 5.74) is 2.31. The van der Waals surface area contributed by atoms with Crippen LogP contribution in [-0.2, 0) is 0 Å². The molecule has 1 aliphatic heterocycles. The van der Waals surface area contributed by atoms with Crippen molar-refractivity contribution in [1.82, 2.24) is 0 Å². The lowest BCUT2D eigenvalue weighted by Crippen LogP contribution is -2.34. The van der Waals surface area contributed by atoms with Gasteiger partial charge in [0.25, 0.3) is 0 Å². The zero-order chi connectivity index (χ0) is 12.4. The van der Waals surface area contributed by atoms with E-state index in [-0.39, 0.29) is 5.82 Å². The molecule has 0 atom stereocenters. The summed E-state index contributed by atoms with van der Waals surface area (Å²) in [5, 5.41) is 6.96. The van der Waals surface area contributed by atoms with Crippen molar-refractivity contribution < 1.29 is 4.39 Å². The van der Waals surface area contributed by atoms with Crippen molar-refractivity contribution >= 4 is 11.4 Å². The SMILES string of the molecule is Fc1ccc2c(c1)NCC1(CCCCCC1)CN2. The number of hydrogen-bond acceptors (Lipinski definition) is 2. The quantitative estimate of drug-likeness (QED) is 0.725. The van der Waals surface area contributed by atoms with Gasteiger partial charge < -0.3 is 10.6 Å². The molecule has 2 aliphatic rings. The second kappa shape index (κ2) is 4.79. The molecule has 0 amide bonds. The number of rotatable bonds is 0. The third-order valence-corrected chi connectivity index (χ3v) is 4.45. The van der Waals surface area contributed by atoms with Crippen molar-refractivity contribution in [3.63, 3.8) is 0 Å². The summed E-state index contributed by atoms with van der Waals surface area (Å²) >= 11 is 0. The van der Waals surface area contributed by atoms with E-state index in [2.05, 4.69) is 10.6 Å². The molecule has 1 aliphatic carbocycles. The molecule has 1 aromatic rings. The van der Waals surface area contributed by atoms with E-state index in [0.717, 1.165) is 24.5 Å². The van der Waals surface area contributed by atoms with Crippen LogP contribution in [0.2, 0.25) is 0 Å². The number of benzene rings is 1. The molecule has 98 valence electrons. The molecular formula is C15H21FN2. The smallest absolute Gasteiger partial charge is 0.125 e. The molecule has 18 heavy (non-hydrogen) atoms. The topological polar surface area (TPSA) is 24.1 Å². The van der Waals surface area contributed by atoms with Crippen molar-refractivity contribution in [2.24, 2.45) is 5.41 Å². The standard InChI is InChI=1S/C15H21FN2/c16-12-5-6-13-14(9-12)18-11-15(10-17-13)7-3-1-2-4-8-15/h5-6,9,17-18H,1-4,7-8,10-11H2. The van der Waals surface area contributed by atoms with E-state index in [9.17, 15) is 4.39 Å². The largest absolute Gasteiger partial charge is 0.383 e. The van der Waals surface area contributed by atoms with Gasteiger partial charge in [0.2, 0.25) is 0 Å². The Labute approximate surface area is 108 Å². The molecule has 2 N–H and O–H groups in total. The normalized spacial score (nSPS) is 22.3. The maximum atomic E-state index is 13.3. The lowest BCUT2D eigenvalue weighted by molar-refractivity contribution is 0.286. The predicted molar refractivity (Wildman–Crippen MR) is 73.5 cm³/mol. The van der Waals surface area contributed by atoms with Crippen LogP contribution < -0.4 is 10.6 Å². The van der Waals surface area contributed by atoms with Crippen LogP contribution in [0.1, 0.15) is 38.5 Å². The van der Waals surface area contributed by atoms with Gasteiger partial charge in [-0.3, -0.25) is 0 Å². The minimum Gasteiger partial charge on any atom is -0.383 e. The summed E-state index contributed by atoms with van der Waals surface area (Å²) in [4.78, 5) is 0. The molecule has 3 heteroatoms. The van der Waals surface area contributed by atoms with Gasteiger partial charge in [-0.25, -0.2) is 4.39 Å². The Morgan fingerprint density at radius 3 is 2.28 bits per heavy atom. The van der Waals surface area contributed by atoms with E-state index in [1.54, 1.807) is 6.07 Å². The van der Waals surface area contributed by atoms with E-state index in [4.69, 9.17) is 0 Å². The summed E-state index contributed by atoms with van der Waals surface area (Å²) in [6.45, 7) is 1.98. The monoisotopic (exact) mass is 248 g/mol. The number of hydrogen-bond donors (Lipinski definition) is 2. The number of anilines is 2. The van der Waals surface area contributed by atoms with E-state index in [1.165, 1.54) is 44.6 Å². The molecule has 1 fully saturated rings. The molecule has 1 saturated carbocycles. The summed E-state index contributed by atoms with van der Waals surface area (Å²) in [7, 11) is 0. The minimum atomic E-state index is -0.167. The van der Waals surface area contributed by atoms with Gasteiger partial charge in [0.1, 0.15) is 5.82 Å². The lowest BCUT2D eigenvalue weighted by Gasteiger charge is -2.31. The van der Waals surface area contributed by atoms with Crippen molar-refractivity contribution in [2.75, 3.05) is 23.7 Å². The van der Waals surface area contributed by atoms with Gasteiger partial charge in [0, 0.05) is 18.5 Å². The fourth-order valence-corrected chi connectivity index (χ4v) is 3.28. The Kier molecular flexibility index (Phi) is 3.14. The van der Waals surface area contributed by atoms with Crippen LogP contribution in [0.15, 0.2) is 18.2 Å². The second-order valence-electron chi connectivity index (χ2n) is 5.81. The molecule has 1 aromatic carbocycles. The van der Waals surface area contributed by atoms with Crippen molar-refractivity contribution in [1.29, 1.82) is 0 Å². The Bertz CT molecular complexity index is 423. The van der Waals surface area contributed by atoms with Gasteiger partial charge in [-0.2, -0.15) is 0 Å². The third-order valence-electron chi connectivity index (χ3n) is 4.45. The first kappa shape index (κ1) is 11.8. The van der Waals surface area contributed by atoms with Crippen LogP contribution in [0.5, 0.6) is 0 Å². The van der Waals surface area contributed by atoms with E-state index < -0.39 is 0 Å². The summed E-state index contributed by atoms with van der Waals surface area (Å²) in [6, 6.07) is 4.96. The summed E-state index contributed by atoms with van der Waals surface area (Å²) in [5.74, 6) is -0.167. The van der Waals surface area contributed by atoms with Crippen LogP contribution in [0.25, 0.3) is 0 Å². The van der Waals surface area contributed by atoms with Crippen LogP contribution in [-0.4, -0.2) is 13.1 Å². The highest BCUT2D eigenvalue weighted by Crippen LogP contribution is 2.38. The average molecular weight is 248 g/mol. The Balaban J connectivity index is 1.81. The van der Waals surface area contributed by atoms with Crippen molar-refractivity contribution in [3.05, 3.63) is 24.0 Å². The maximum Gasteiger partial charge on any atom is 0.125 e. The Hall–Kier alpha value is -1.25. The van der Waals surface area contributed by atoms with Crippen molar-refractivity contribution in [3.8, 4) is 0 Å². The van der Waals surface area contributed by atoms with Gasteiger partial charge >= 0.3 is 0 Å². The average Bonchev–Trinajstić information content (AvgIpc) is 2.70. The Morgan fingerprint density at radius 1 is 0.889 bits per heavy atom. The first-order valence-corrected chi connectivity index (χ1v) is 7.05. The van der Waals surface area contributed by atoms with Crippen LogP contribution in [0.4, 0.5) is 15.8 Å². The van der Waals surface area contributed by atoms with E-state index >= 15 is 0 Å². The second-order valence-corrected chi connectivity index (χ2v) is 5.81. The van der Waals surface area contributed by atoms with Crippen LogP contribution in [0, 0.1) is 11.2 Å². The fraction of sp³-hybridized carbons (Fsp3) is 0.600. The molecule has 0 saturated heterocycles. The predicted octanol–water partition coefficient (Wildman–Crippen LogP) is 4.00. The van der Waals surface area contributed by atoms with Crippen LogP contribution >= 0.6 is 0 Å². The molecule has 0 aromatic heterocycles. The summed E-state index contributed by atoms with van der Waals surface area (Å²) in [6.07, 6.45) is 7.95. The molecule has 0 bridgehead atoms. The zero-order valence-corrected chi connectivity index (χ0v) is 10.8. The lowest BCUT2D eigenvalue weighted by atomic mass is 9.80. The zero-order valence-electron chi connectivity index (χ0n) is 10.8. The molecule has 1 heterocycles. The van der Waals surface area contributed by atoms with Gasteiger partial charge in [-0.05, 0) is 31.0 Å². The van der Waals surface area contributed by atoms with E-state index in [1.807, 2.05) is 6.07 Å². The number of nitrogens with one attached hydrogen (secondary N) is 2. The summed E-state index contributed by atoms with van der Waals surface area (Å²) < 4.78 is 13.3. The van der Waals surface area contributed by atoms with Crippen LogP contribution in [0.3, 0.4) is 0 Å². The highest BCUT2D eigenvalue weighted by Gasteiger charge is 2.32. The number of halogens is 1.